The van der Waals surface area contributed by atoms with Crippen molar-refractivity contribution in [2.24, 2.45) is 0 Å². The fourth-order valence-electron chi connectivity index (χ4n) is 5.55. The second kappa shape index (κ2) is 13.8. The fraction of sp³-hybridized carbons (Fsp3) is 0.793. The summed E-state index contributed by atoms with van der Waals surface area (Å²) in [5.74, 6) is -0.635. The summed E-state index contributed by atoms with van der Waals surface area (Å²) in [6.07, 6.45) is 11.5. The van der Waals surface area contributed by atoms with Crippen LogP contribution in [0.25, 0.3) is 0 Å². The van der Waals surface area contributed by atoms with Crippen molar-refractivity contribution in [1.82, 2.24) is 24.5 Å². The van der Waals surface area contributed by atoms with Crippen LogP contribution in [0.1, 0.15) is 79.6 Å². The minimum absolute atomic E-state index is 0.147. The third-order valence-electron chi connectivity index (χ3n) is 7.49. The molecule has 2 N–H and O–H groups in total. The highest BCUT2D eigenvalue weighted by molar-refractivity contribution is 5.35. The number of nitrogens with zero attached hydrogens (tertiary/aromatic N) is 5. The Balaban J connectivity index is 1.21. The van der Waals surface area contributed by atoms with Gasteiger partial charge in [-0.05, 0) is 40.5 Å². The highest BCUT2D eigenvalue weighted by Gasteiger charge is 2.60. The van der Waals surface area contributed by atoms with Gasteiger partial charge in [0, 0.05) is 32.0 Å². The highest BCUT2D eigenvalue weighted by atomic mass is 16.9. The van der Waals surface area contributed by atoms with E-state index in [9.17, 15) is 0 Å². The van der Waals surface area contributed by atoms with Crippen molar-refractivity contribution in [2.45, 2.75) is 128 Å². The van der Waals surface area contributed by atoms with E-state index in [1.165, 1.54) is 32.1 Å². The lowest BCUT2D eigenvalue weighted by Gasteiger charge is -2.36. The predicted octanol–water partition coefficient (Wildman–Crippen LogP) is 4.12. The van der Waals surface area contributed by atoms with Crippen molar-refractivity contribution >= 4 is 11.9 Å². The van der Waals surface area contributed by atoms with Crippen LogP contribution in [-0.2, 0) is 30.2 Å². The first-order valence-corrected chi connectivity index (χ1v) is 15.4. The molecule has 13 heteroatoms. The molecule has 0 aliphatic carbocycles. The van der Waals surface area contributed by atoms with Gasteiger partial charge in [-0.25, -0.2) is 4.98 Å². The van der Waals surface area contributed by atoms with Crippen molar-refractivity contribution < 1.29 is 28.4 Å². The van der Waals surface area contributed by atoms with E-state index in [2.05, 4.69) is 37.5 Å². The average molecular weight is 590 g/mol. The Morgan fingerprint density at radius 3 is 2.21 bits per heavy atom. The van der Waals surface area contributed by atoms with Crippen LogP contribution >= 0.6 is 0 Å². The van der Waals surface area contributed by atoms with Crippen LogP contribution in [0.2, 0.25) is 0 Å². The van der Waals surface area contributed by atoms with Crippen molar-refractivity contribution in [3.8, 4) is 6.01 Å². The molecule has 5 rings (SSSR count). The SMILES string of the molecule is CCCCCCCCNc1nc(NCCCn2ccnc2)nc(OC[C@H]2O[C@@H]3OC(C)(C)O[C@@H]3[C@H]3OC(C)(C)O[C@H]32)n1. The van der Waals surface area contributed by atoms with Crippen LogP contribution in [0.15, 0.2) is 18.7 Å². The zero-order chi connectivity index (χ0) is 29.6. The molecule has 0 unspecified atom stereocenters. The normalized spacial score (nSPS) is 27.4. The van der Waals surface area contributed by atoms with E-state index >= 15 is 0 Å². The topological polar surface area (TPSA) is 136 Å². The largest absolute Gasteiger partial charge is 0.460 e. The Labute approximate surface area is 248 Å². The highest BCUT2D eigenvalue weighted by Crippen LogP contribution is 2.44. The molecule has 13 nitrogen and oxygen atoms in total. The molecule has 3 aliphatic rings. The molecule has 2 aromatic heterocycles. The number of rotatable bonds is 16. The molecular formula is C29H47N7O6. The van der Waals surface area contributed by atoms with Crippen molar-refractivity contribution in [3.63, 3.8) is 0 Å². The van der Waals surface area contributed by atoms with Crippen LogP contribution < -0.4 is 15.4 Å². The van der Waals surface area contributed by atoms with Gasteiger partial charge in [0.15, 0.2) is 17.9 Å². The second-order valence-electron chi connectivity index (χ2n) is 12.1. The zero-order valence-electron chi connectivity index (χ0n) is 25.6. The average Bonchev–Trinajstić information content (AvgIpc) is 3.65. The van der Waals surface area contributed by atoms with Crippen LogP contribution in [0.5, 0.6) is 6.01 Å². The van der Waals surface area contributed by atoms with Gasteiger partial charge < -0.3 is 43.6 Å². The molecule has 5 heterocycles. The molecule has 0 amide bonds. The van der Waals surface area contributed by atoms with E-state index in [-0.39, 0.29) is 18.7 Å². The Morgan fingerprint density at radius 1 is 0.810 bits per heavy atom. The van der Waals surface area contributed by atoms with Gasteiger partial charge >= 0.3 is 6.01 Å². The minimum atomic E-state index is -0.783. The number of imidazole rings is 1. The molecule has 0 spiro atoms. The van der Waals surface area contributed by atoms with Gasteiger partial charge in [0.1, 0.15) is 31.0 Å². The van der Waals surface area contributed by atoms with Crippen molar-refractivity contribution in [2.75, 3.05) is 30.3 Å². The Hall–Kier alpha value is -2.58. The third-order valence-corrected chi connectivity index (χ3v) is 7.49. The monoisotopic (exact) mass is 589 g/mol. The summed E-state index contributed by atoms with van der Waals surface area (Å²) >= 11 is 0. The number of nitrogens with one attached hydrogen (secondary N) is 2. The summed E-state index contributed by atoms with van der Waals surface area (Å²) in [6.45, 7) is 12.2. The standard InChI is InChI=1S/C29H47N7O6/c1-6-7-8-9-10-11-13-31-25-33-26(32-14-12-16-36-17-15-30-19-36)35-27(34-25)37-18-20-21-22(40-28(2,3)39-21)23-24(38-20)42-29(4,5)41-23/h15,17,19-24H,6-14,16,18H2,1-5H3,(H2,31,32,33,34,35)/t20-,21+,22+,23-,24-/m1/s1. The Kier molecular flexibility index (Phi) is 10.1. The van der Waals surface area contributed by atoms with Gasteiger partial charge in [0.25, 0.3) is 0 Å². The van der Waals surface area contributed by atoms with Crippen LogP contribution in [0, 0.1) is 0 Å². The lowest BCUT2D eigenvalue weighted by molar-refractivity contribution is -0.238. The van der Waals surface area contributed by atoms with Crippen molar-refractivity contribution in [3.05, 3.63) is 18.7 Å². The van der Waals surface area contributed by atoms with Gasteiger partial charge in [-0.15, -0.1) is 0 Å². The molecule has 0 aromatic carbocycles. The second-order valence-corrected chi connectivity index (χ2v) is 12.1. The molecule has 5 atom stereocenters. The molecule has 0 saturated carbocycles. The van der Waals surface area contributed by atoms with E-state index in [0.717, 1.165) is 25.9 Å². The molecular weight excluding hydrogens is 542 g/mol. The van der Waals surface area contributed by atoms with Crippen LogP contribution in [0.3, 0.4) is 0 Å². The zero-order valence-corrected chi connectivity index (χ0v) is 25.6. The first kappa shape index (κ1) is 30.9. The first-order chi connectivity index (χ1) is 20.2. The van der Waals surface area contributed by atoms with Gasteiger partial charge in [-0.2, -0.15) is 15.0 Å². The summed E-state index contributed by atoms with van der Waals surface area (Å²) in [5, 5.41) is 6.66. The third kappa shape index (κ3) is 8.28. The fourth-order valence-corrected chi connectivity index (χ4v) is 5.55. The quantitative estimate of drug-likeness (QED) is 0.273. The number of aryl methyl sites for hydroxylation is 1. The molecule has 2 aromatic rings. The molecule has 0 radical (unpaired) electrons. The number of aromatic nitrogens is 5. The van der Waals surface area contributed by atoms with E-state index < -0.39 is 36.2 Å². The minimum Gasteiger partial charge on any atom is -0.460 e. The predicted molar refractivity (Wildman–Crippen MR) is 155 cm³/mol. The summed E-state index contributed by atoms with van der Waals surface area (Å²) in [6, 6.07) is 0.205. The number of fused-ring (bicyclic) bond motifs is 3. The van der Waals surface area contributed by atoms with Crippen LogP contribution in [0.4, 0.5) is 11.9 Å². The van der Waals surface area contributed by atoms with Gasteiger partial charge in [0.2, 0.25) is 11.9 Å². The van der Waals surface area contributed by atoms with Gasteiger partial charge in [0.05, 0.1) is 6.33 Å². The maximum Gasteiger partial charge on any atom is 0.323 e. The summed E-state index contributed by atoms with van der Waals surface area (Å²) in [5.41, 5.74) is 0. The summed E-state index contributed by atoms with van der Waals surface area (Å²) in [7, 11) is 0. The Morgan fingerprint density at radius 2 is 1.48 bits per heavy atom. The number of hydrogen-bond donors (Lipinski definition) is 2. The summed E-state index contributed by atoms with van der Waals surface area (Å²) in [4.78, 5) is 17.8. The molecule has 42 heavy (non-hydrogen) atoms. The number of hydrogen-bond acceptors (Lipinski definition) is 12. The maximum atomic E-state index is 6.28. The molecule has 234 valence electrons. The lowest BCUT2D eigenvalue weighted by Crippen LogP contribution is -2.56. The van der Waals surface area contributed by atoms with Gasteiger partial charge in [-0.3, -0.25) is 0 Å². The Bertz CT molecular complexity index is 1120. The number of unbranched alkanes of at least 4 members (excludes halogenated alkanes) is 5. The molecule has 3 saturated heterocycles. The molecule has 3 fully saturated rings. The van der Waals surface area contributed by atoms with E-state index in [4.69, 9.17) is 28.4 Å². The first-order valence-electron chi connectivity index (χ1n) is 15.4. The number of ether oxygens (including phenoxy) is 6. The van der Waals surface area contributed by atoms with Gasteiger partial charge in [-0.1, -0.05) is 39.0 Å². The van der Waals surface area contributed by atoms with E-state index in [1.807, 2.05) is 44.8 Å². The smallest absolute Gasteiger partial charge is 0.323 e. The lowest BCUT2D eigenvalue weighted by atomic mass is 9.99. The summed E-state index contributed by atoms with van der Waals surface area (Å²) < 4.78 is 39.0. The molecule has 0 bridgehead atoms. The number of anilines is 2. The van der Waals surface area contributed by atoms with Crippen molar-refractivity contribution in [1.29, 1.82) is 0 Å². The molecule has 3 aliphatic heterocycles. The van der Waals surface area contributed by atoms with E-state index in [0.29, 0.717) is 18.4 Å². The van der Waals surface area contributed by atoms with E-state index in [1.54, 1.807) is 6.20 Å². The maximum absolute atomic E-state index is 6.28. The van der Waals surface area contributed by atoms with Crippen LogP contribution in [-0.4, -0.2) is 86.5 Å².